The highest BCUT2D eigenvalue weighted by Gasteiger charge is 2.26. The second-order valence-corrected chi connectivity index (χ2v) is 3.39. The summed E-state index contributed by atoms with van der Waals surface area (Å²) in [6.45, 7) is 1.08. The lowest BCUT2D eigenvalue weighted by Crippen LogP contribution is -2.44. The Morgan fingerprint density at radius 1 is 1.33 bits per heavy atom. The van der Waals surface area contributed by atoms with E-state index < -0.39 is 11.9 Å². The first-order valence-electron chi connectivity index (χ1n) is 4.90. The van der Waals surface area contributed by atoms with E-state index in [1.165, 1.54) is 4.90 Å². The van der Waals surface area contributed by atoms with E-state index in [2.05, 4.69) is 0 Å². The average Bonchev–Trinajstić information content (AvgIpc) is 2.26. The largest absolute Gasteiger partial charge is 0.474 e. The number of carbonyl (C=O) groups is 2. The molecule has 0 aliphatic carbocycles. The van der Waals surface area contributed by atoms with Crippen molar-refractivity contribution in [3.8, 4) is 0 Å². The summed E-state index contributed by atoms with van der Waals surface area (Å²) in [4.78, 5) is 22.8. The summed E-state index contributed by atoms with van der Waals surface area (Å²) < 4.78 is 5.29. The van der Waals surface area contributed by atoms with Gasteiger partial charge in [-0.25, -0.2) is 4.79 Å². The minimum atomic E-state index is -1.41. The van der Waals surface area contributed by atoms with Gasteiger partial charge in [0.15, 0.2) is 0 Å². The predicted octanol–water partition coefficient (Wildman–Crippen LogP) is -0.929. The van der Waals surface area contributed by atoms with Crippen LogP contribution in [-0.2, 0) is 14.3 Å². The Morgan fingerprint density at radius 2 is 1.93 bits per heavy atom. The van der Waals surface area contributed by atoms with Crippen LogP contribution in [0, 0.1) is 0 Å². The molecule has 2 N–H and O–H groups in total. The number of piperidine rings is 1. The summed E-state index contributed by atoms with van der Waals surface area (Å²) in [7, 11) is 0. The highest BCUT2D eigenvalue weighted by molar-refractivity contribution is 6.31. The van der Waals surface area contributed by atoms with Crippen molar-refractivity contribution >= 4 is 11.9 Å². The van der Waals surface area contributed by atoms with Crippen molar-refractivity contribution in [3.63, 3.8) is 0 Å². The Labute approximate surface area is 87.4 Å². The zero-order chi connectivity index (χ0) is 11.3. The third-order valence-electron chi connectivity index (χ3n) is 2.36. The van der Waals surface area contributed by atoms with Gasteiger partial charge in [0.1, 0.15) is 0 Å². The van der Waals surface area contributed by atoms with Crippen LogP contribution in [0.1, 0.15) is 12.8 Å². The first-order chi connectivity index (χ1) is 7.15. The van der Waals surface area contributed by atoms with Crippen molar-refractivity contribution in [2.75, 3.05) is 26.3 Å². The molecule has 1 aliphatic heterocycles. The fraction of sp³-hybridized carbons (Fsp3) is 0.778. The van der Waals surface area contributed by atoms with E-state index in [1.54, 1.807) is 0 Å². The van der Waals surface area contributed by atoms with E-state index in [1.807, 2.05) is 0 Å². The molecule has 1 saturated heterocycles. The zero-order valence-electron chi connectivity index (χ0n) is 8.39. The van der Waals surface area contributed by atoms with Crippen LogP contribution in [0.2, 0.25) is 0 Å². The lowest BCUT2D eigenvalue weighted by molar-refractivity contribution is -0.157. The highest BCUT2D eigenvalue weighted by atomic mass is 16.5. The van der Waals surface area contributed by atoms with Crippen molar-refractivity contribution in [1.29, 1.82) is 0 Å². The summed E-state index contributed by atoms with van der Waals surface area (Å²) in [6, 6.07) is 0. The number of nitrogens with zero attached hydrogens (tertiary/aromatic N) is 1. The van der Waals surface area contributed by atoms with Gasteiger partial charge in [-0.15, -0.1) is 0 Å². The first kappa shape index (κ1) is 11.9. The molecule has 15 heavy (non-hydrogen) atoms. The number of carbonyl (C=O) groups excluding carboxylic acids is 1. The molecule has 6 heteroatoms. The molecule has 1 fully saturated rings. The van der Waals surface area contributed by atoms with Gasteiger partial charge in [0.2, 0.25) is 0 Å². The molecule has 1 rings (SSSR count). The molecule has 6 nitrogen and oxygen atoms in total. The van der Waals surface area contributed by atoms with Crippen LogP contribution < -0.4 is 0 Å². The normalized spacial score (nSPS) is 17.8. The van der Waals surface area contributed by atoms with Crippen molar-refractivity contribution in [2.45, 2.75) is 18.9 Å². The smallest absolute Gasteiger partial charge is 0.394 e. The van der Waals surface area contributed by atoms with Crippen LogP contribution in [0.15, 0.2) is 0 Å². The third-order valence-corrected chi connectivity index (χ3v) is 2.36. The predicted molar refractivity (Wildman–Crippen MR) is 50.3 cm³/mol. The number of aliphatic carboxylic acids is 1. The van der Waals surface area contributed by atoms with Crippen LogP contribution >= 0.6 is 0 Å². The molecular weight excluding hydrogens is 202 g/mol. The average molecular weight is 217 g/mol. The van der Waals surface area contributed by atoms with Gasteiger partial charge >= 0.3 is 11.9 Å². The van der Waals surface area contributed by atoms with Gasteiger partial charge in [0, 0.05) is 13.1 Å². The maximum absolute atomic E-state index is 11.1. The number of amides is 1. The fourth-order valence-electron chi connectivity index (χ4n) is 1.58. The van der Waals surface area contributed by atoms with Gasteiger partial charge in [-0.2, -0.15) is 0 Å². The van der Waals surface area contributed by atoms with Gasteiger partial charge in [-0.1, -0.05) is 0 Å². The van der Waals surface area contributed by atoms with Gasteiger partial charge in [-0.05, 0) is 12.8 Å². The number of ether oxygens (including phenoxy) is 1. The number of aliphatic hydroxyl groups excluding tert-OH is 1. The Morgan fingerprint density at radius 3 is 2.40 bits per heavy atom. The molecule has 0 atom stereocenters. The number of carboxylic acid groups (broad SMARTS) is 1. The summed E-state index contributed by atoms with van der Waals surface area (Å²) in [5.74, 6) is -2.26. The summed E-state index contributed by atoms with van der Waals surface area (Å²) in [5.41, 5.74) is 0. The van der Waals surface area contributed by atoms with E-state index in [9.17, 15) is 9.59 Å². The van der Waals surface area contributed by atoms with Crippen molar-refractivity contribution in [1.82, 2.24) is 4.90 Å². The fourth-order valence-corrected chi connectivity index (χ4v) is 1.58. The minimum absolute atomic E-state index is 0.0196. The van der Waals surface area contributed by atoms with E-state index in [0.717, 1.165) is 0 Å². The number of hydrogen-bond acceptors (Lipinski definition) is 4. The van der Waals surface area contributed by atoms with Crippen LogP contribution in [-0.4, -0.2) is 59.4 Å². The molecule has 0 radical (unpaired) electrons. The third kappa shape index (κ3) is 3.49. The molecule has 0 spiro atoms. The molecule has 0 aromatic heterocycles. The Balaban J connectivity index is 2.29. The SMILES string of the molecule is O=C(O)C(=O)N1CCC(OCCO)CC1. The second kappa shape index (κ2) is 5.67. The van der Waals surface area contributed by atoms with Gasteiger partial charge in [0.05, 0.1) is 19.3 Å². The van der Waals surface area contributed by atoms with Crippen molar-refractivity contribution in [2.24, 2.45) is 0 Å². The number of rotatable bonds is 3. The lowest BCUT2D eigenvalue weighted by Gasteiger charge is -2.30. The number of hydrogen-bond donors (Lipinski definition) is 2. The minimum Gasteiger partial charge on any atom is -0.474 e. The van der Waals surface area contributed by atoms with Crippen LogP contribution in [0.5, 0.6) is 0 Å². The van der Waals surface area contributed by atoms with Gasteiger partial charge in [-0.3, -0.25) is 4.79 Å². The molecule has 1 heterocycles. The number of aliphatic hydroxyl groups is 1. The molecule has 0 aromatic carbocycles. The topological polar surface area (TPSA) is 87.1 Å². The van der Waals surface area contributed by atoms with Crippen LogP contribution in [0.25, 0.3) is 0 Å². The van der Waals surface area contributed by atoms with E-state index >= 15 is 0 Å². The second-order valence-electron chi connectivity index (χ2n) is 3.39. The van der Waals surface area contributed by atoms with E-state index in [0.29, 0.717) is 25.9 Å². The molecule has 86 valence electrons. The van der Waals surface area contributed by atoms with E-state index in [4.69, 9.17) is 14.9 Å². The van der Waals surface area contributed by atoms with Gasteiger partial charge in [0.25, 0.3) is 0 Å². The number of carboxylic acids is 1. The van der Waals surface area contributed by atoms with Crippen molar-refractivity contribution < 1.29 is 24.5 Å². The van der Waals surface area contributed by atoms with Crippen LogP contribution in [0.4, 0.5) is 0 Å². The highest BCUT2D eigenvalue weighted by Crippen LogP contribution is 2.13. The Bertz CT molecular complexity index is 235. The van der Waals surface area contributed by atoms with Gasteiger partial charge < -0.3 is 19.8 Å². The zero-order valence-corrected chi connectivity index (χ0v) is 8.39. The lowest BCUT2D eigenvalue weighted by atomic mass is 10.1. The molecule has 0 saturated carbocycles. The monoisotopic (exact) mass is 217 g/mol. The van der Waals surface area contributed by atoms with Crippen LogP contribution in [0.3, 0.4) is 0 Å². The first-order valence-corrected chi connectivity index (χ1v) is 4.90. The summed E-state index contributed by atoms with van der Waals surface area (Å²) >= 11 is 0. The molecule has 1 aliphatic rings. The van der Waals surface area contributed by atoms with E-state index in [-0.39, 0.29) is 19.3 Å². The Kier molecular flexibility index (Phi) is 4.51. The molecular formula is C9H15NO5. The molecule has 0 aromatic rings. The molecule has 0 bridgehead atoms. The number of likely N-dealkylation sites (tertiary alicyclic amines) is 1. The summed E-state index contributed by atoms with van der Waals surface area (Å²) in [5, 5.41) is 17.0. The maximum atomic E-state index is 11.1. The standard InChI is InChI=1S/C9H15NO5/c11-5-6-15-7-1-3-10(4-2-7)8(12)9(13)14/h7,11H,1-6H2,(H,13,14). The Hall–Kier alpha value is -1.14. The maximum Gasteiger partial charge on any atom is 0.394 e. The van der Waals surface area contributed by atoms with Crippen molar-refractivity contribution in [3.05, 3.63) is 0 Å². The molecule has 0 unspecified atom stereocenters. The summed E-state index contributed by atoms with van der Waals surface area (Å²) in [6.07, 6.45) is 1.27. The quantitative estimate of drug-likeness (QED) is 0.596. The molecule has 1 amide bonds.